The molecule has 0 saturated carbocycles. The van der Waals surface area contributed by atoms with Gasteiger partial charge in [0.25, 0.3) is 0 Å². The quantitative estimate of drug-likeness (QED) is 0.752. The van der Waals surface area contributed by atoms with E-state index in [0.717, 1.165) is 17.0 Å². The molecule has 0 unspecified atom stereocenters. The molecule has 1 heterocycles. The number of nitrogens with two attached hydrogens (primary N) is 1. The lowest BCUT2D eigenvalue weighted by Crippen LogP contribution is -2.05. The van der Waals surface area contributed by atoms with Gasteiger partial charge in [-0.15, -0.1) is 0 Å². The molecule has 0 aliphatic carbocycles. The van der Waals surface area contributed by atoms with Gasteiger partial charge in [0.05, 0.1) is 22.9 Å². The van der Waals surface area contributed by atoms with Gasteiger partial charge in [-0.1, -0.05) is 22.9 Å². The number of nitrogens with one attached hydrogen (secondary N) is 2. The average Bonchev–Trinajstić information content (AvgIpc) is 2.68. The molecule has 2 aromatic rings. The van der Waals surface area contributed by atoms with Crippen LogP contribution in [0.15, 0.2) is 22.3 Å². The summed E-state index contributed by atoms with van der Waals surface area (Å²) in [4.78, 5) is 13.4. The number of anilines is 2. The van der Waals surface area contributed by atoms with Crippen LogP contribution in [0.25, 0.3) is 0 Å². The van der Waals surface area contributed by atoms with Crippen LogP contribution in [-0.4, -0.2) is 4.98 Å². The molecule has 0 atom stereocenters. The molecule has 17 heavy (non-hydrogen) atoms. The maximum absolute atomic E-state index is 13.2. The Morgan fingerprint density at radius 2 is 2.29 bits per heavy atom. The van der Waals surface area contributed by atoms with E-state index in [2.05, 4.69) is 10.3 Å². The Morgan fingerprint density at radius 3 is 2.94 bits per heavy atom. The van der Waals surface area contributed by atoms with Gasteiger partial charge in [-0.3, -0.25) is 4.79 Å². The summed E-state index contributed by atoms with van der Waals surface area (Å²) in [5.74, 6) is -0.540. The number of H-pyrrole nitrogens is 1. The van der Waals surface area contributed by atoms with E-state index >= 15 is 0 Å². The van der Waals surface area contributed by atoms with E-state index in [-0.39, 0.29) is 9.90 Å². The maximum Gasteiger partial charge on any atom is 0.304 e. The fourth-order valence-electron chi connectivity index (χ4n) is 1.31. The van der Waals surface area contributed by atoms with Gasteiger partial charge in [-0.25, -0.2) is 4.39 Å². The van der Waals surface area contributed by atoms with E-state index in [9.17, 15) is 9.18 Å². The van der Waals surface area contributed by atoms with Crippen LogP contribution in [0.2, 0.25) is 5.02 Å². The predicted molar refractivity (Wildman–Crippen MR) is 68.1 cm³/mol. The Labute approximate surface area is 105 Å². The second kappa shape index (κ2) is 4.77. The summed E-state index contributed by atoms with van der Waals surface area (Å²) in [6.07, 6.45) is 0. The van der Waals surface area contributed by atoms with Gasteiger partial charge >= 0.3 is 4.87 Å². The second-order valence-electron chi connectivity index (χ2n) is 3.38. The molecule has 4 N–H and O–H groups in total. The average molecular weight is 274 g/mol. The highest BCUT2D eigenvalue weighted by atomic mass is 35.5. The number of benzene rings is 1. The van der Waals surface area contributed by atoms with Gasteiger partial charge in [-0.2, -0.15) is 0 Å². The first-order chi connectivity index (χ1) is 8.06. The van der Waals surface area contributed by atoms with Crippen molar-refractivity contribution >= 4 is 34.3 Å². The van der Waals surface area contributed by atoms with Gasteiger partial charge < -0.3 is 16.0 Å². The van der Waals surface area contributed by atoms with Crippen molar-refractivity contribution in [3.8, 4) is 0 Å². The van der Waals surface area contributed by atoms with Crippen LogP contribution in [0.5, 0.6) is 0 Å². The number of nitrogen functional groups attached to an aromatic ring is 1. The number of aromatic nitrogens is 1. The summed E-state index contributed by atoms with van der Waals surface area (Å²) in [6, 6.07) is 2.57. The second-order valence-corrected chi connectivity index (χ2v) is 4.63. The number of halogens is 2. The zero-order chi connectivity index (χ0) is 12.4. The molecule has 7 heteroatoms. The Kier molecular flexibility index (Phi) is 3.35. The van der Waals surface area contributed by atoms with Crippen LogP contribution in [0.3, 0.4) is 0 Å². The Balaban J connectivity index is 2.14. The smallest absolute Gasteiger partial charge is 0.304 e. The number of rotatable bonds is 3. The molecule has 0 spiro atoms. The molecule has 90 valence electrons. The van der Waals surface area contributed by atoms with Gasteiger partial charge in [0.1, 0.15) is 5.82 Å². The first kappa shape index (κ1) is 11.9. The standard InChI is InChI=1S/C10H9ClFN3OS/c11-6-1-8(13)9(2-7(6)12)14-3-5-4-17-10(16)15-5/h1-2,4,14H,3,13H2,(H,15,16). The molecule has 0 aliphatic heterocycles. The maximum atomic E-state index is 13.2. The third kappa shape index (κ3) is 2.78. The molecule has 4 nitrogen and oxygen atoms in total. The van der Waals surface area contributed by atoms with Crippen LogP contribution >= 0.6 is 22.9 Å². The summed E-state index contributed by atoms with van der Waals surface area (Å²) in [5, 5.41) is 4.60. The minimum atomic E-state index is -0.540. The minimum Gasteiger partial charge on any atom is -0.397 e. The zero-order valence-electron chi connectivity index (χ0n) is 8.59. The van der Waals surface area contributed by atoms with Crippen molar-refractivity contribution in [2.75, 3.05) is 11.1 Å². The van der Waals surface area contributed by atoms with Gasteiger partial charge in [0, 0.05) is 17.1 Å². The van der Waals surface area contributed by atoms with E-state index in [1.165, 1.54) is 12.1 Å². The van der Waals surface area contributed by atoms with Crippen molar-refractivity contribution in [2.45, 2.75) is 6.54 Å². The highest BCUT2D eigenvalue weighted by Crippen LogP contribution is 2.26. The topological polar surface area (TPSA) is 70.9 Å². The van der Waals surface area contributed by atoms with Crippen LogP contribution < -0.4 is 15.9 Å². The fraction of sp³-hybridized carbons (Fsp3) is 0.100. The first-order valence-electron chi connectivity index (χ1n) is 4.71. The summed E-state index contributed by atoms with van der Waals surface area (Å²) < 4.78 is 13.2. The number of aromatic amines is 1. The third-order valence-corrected chi connectivity index (χ3v) is 3.14. The molecule has 0 fully saturated rings. The lowest BCUT2D eigenvalue weighted by Gasteiger charge is -2.09. The van der Waals surface area contributed by atoms with Gasteiger partial charge in [0.2, 0.25) is 0 Å². The van der Waals surface area contributed by atoms with E-state index < -0.39 is 5.82 Å². The number of hydrogen-bond donors (Lipinski definition) is 3. The Bertz CT molecular complexity index is 595. The van der Waals surface area contributed by atoms with Crippen LogP contribution in [0, 0.1) is 5.82 Å². The van der Waals surface area contributed by atoms with Crippen molar-refractivity contribution < 1.29 is 4.39 Å². The summed E-state index contributed by atoms with van der Waals surface area (Å²) >= 11 is 6.65. The van der Waals surface area contributed by atoms with E-state index in [1.54, 1.807) is 5.38 Å². The lowest BCUT2D eigenvalue weighted by atomic mass is 10.2. The van der Waals surface area contributed by atoms with Gasteiger partial charge in [0.15, 0.2) is 0 Å². The van der Waals surface area contributed by atoms with Crippen LogP contribution in [0.4, 0.5) is 15.8 Å². The van der Waals surface area contributed by atoms with Gasteiger partial charge in [-0.05, 0) is 6.07 Å². The minimum absolute atomic E-state index is 0.0167. The van der Waals surface area contributed by atoms with E-state index in [4.69, 9.17) is 17.3 Å². The SMILES string of the molecule is Nc1cc(Cl)c(F)cc1NCc1csc(=O)[nH]1. The molecule has 0 aliphatic rings. The molecule has 0 amide bonds. The van der Waals surface area contributed by atoms with Crippen molar-refractivity contribution in [1.29, 1.82) is 0 Å². The molecule has 1 aromatic heterocycles. The van der Waals surface area contributed by atoms with Crippen LogP contribution in [-0.2, 0) is 6.54 Å². The lowest BCUT2D eigenvalue weighted by molar-refractivity contribution is 0.629. The highest BCUT2D eigenvalue weighted by molar-refractivity contribution is 7.07. The number of thiazole rings is 1. The predicted octanol–water partition coefficient (Wildman–Crippen LogP) is 2.42. The molecule has 0 bridgehead atoms. The van der Waals surface area contributed by atoms with Crippen LogP contribution in [0.1, 0.15) is 5.69 Å². The van der Waals surface area contributed by atoms with Crippen molar-refractivity contribution in [3.63, 3.8) is 0 Å². The summed E-state index contributed by atoms with van der Waals surface area (Å²) in [7, 11) is 0. The van der Waals surface area contributed by atoms with E-state index in [1.807, 2.05) is 0 Å². The van der Waals surface area contributed by atoms with Crippen molar-refractivity contribution in [1.82, 2.24) is 4.98 Å². The molecular weight excluding hydrogens is 265 g/mol. The molecule has 2 rings (SSSR count). The van der Waals surface area contributed by atoms with Crippen molar-refractivity contribution in [3.05, 3.63) is 43.7 Å². The molecule has 0 radical (unpaired) electrons. The molecular formula is C10H9ClFN3OS. The zero-order valence-corrected chi connectivity index (χ0v) is 10.2. The fourth-order valence-corrected chi connectivity index (χ4v) is 2.06. The largest absolute Gasteiger partial charge is 0.397 e. The van der Waals surface area contributed by atoms with Crippen molar-refractivity contribution in [2.24, 2.45) is 0 Å². The highest BCUT2D eigenvalue weighted by Gasteiger charge is 2.06. The Morgan fingerprint density at radius 1 is 1.53 bits per heavy atom. The van der Waals surface area contributed by atoms with E-state index in [0.29, 0.717) is 17.9 Å². The summed E-state index contributed by atoms with van der Waals surface area (Å²) in [6.45, 7) is 0.365. The number of hydrogen-bond acceptors (Lipinski definition) is 4. The first-order valence-corrected chi connectivity index (χ1v) is 5.97. The third-order valence-electron chi connectivity index (χ3n) is 2.13. The molecule has 0 saturated heterocycles. The Hall–Kier alpha value is -1.53. The monoisotopic (exact) mass is 273 g/mol. The summed E-state index contributed by atoms with van der Waals surface area (Å²) in [5.41, 5.74) is 7.19. The molecule has 1 aromatic carbocycles. The normalized spacial score (nSPS) is 10.5.